The Hall–Kier alpha value is -2.27. The zero-order valence-corrected chi connectivity index (χ0v) is 11.4. The summed E-state index contributed by atoms with van der Waals surface area (Å²) in [4.78, 5) is 16.6. The maximum Gasteiger partial charge on any atom is 0.271 e. The number of halogens is 1. The van der Waals surface area contributed by atoms with Gasteiger partial charge < -0.3 is 0 Å². The Labute approximate surface area is 118 Å². The first-order valence-electron chi connectivity index (χ1n) is 6.04. The highest BCUT2D eigenvalue weighted by molar-refractivity contribution is 7.17. The number of hydrogen-bond donors (Lipinski definition) is 0. The minimum absolute atomic E-state index is 0.0949. The highest BCUT2D eigenvalue weighted by atomic mass is 32.1. The number of thiophene rings is 1. The van der Waals surface area contributed by atoms with Crippen LogP contribution in [0.1, 0.15) is 0 Å². The largest absolute Gasteiger partial charge is 0.294 e. The van der Waals surface area contributed by atoms with Crippen LogP contribution in [0.5, 0.6) is 0 Å². The van der Waals surface area contributed by atoms with Crippen molar-refractivity contribution in [3.63, 3.8) is 0 Å². The quantitative estimate of drug-likeness (QED) is 0.691. The fraction of sp³-hybridized carbons (Fsp3) is 0.0667. The first-order valence-corrected chi connectivity index (χ1v) is 6.92. The Morgan fingerprint density at radius 3 is 3.05 bits per heavy atom. The maximum absolute atomic E-state index is 13.3. The Kier molecular flexibility index (Phi) is 3.20. The number of fused-ring (bicyclic) bond motifs is 1. The van der Waals surface area contributed by atoms with Gasteiger partial charge >= 0.3 is 0 Å². The zero-order valence-electron chi connectivity index (χ0n) is 10.5. The van der Waals surface area contributed by atoms with Gasteiger partial charge in [0.25, 0.3) is 5.56 Å². The van der Waals surface area contributed by atoms with Gasteiger partial charge in [-0.1, -0.05) is 18.2 Å². The van der Waals surface area contributed by atoms with Crippen LogP contribution in [0.3, 0.4) is 0 Å². The molecule has 0 spiro atoms. The van der Waals surface area contributed by atoms with Crippen LogP contribution in [-0.2, 0) is 6.54 Å². The predicted molar refractivity (Wildman–Crippen MR) is 79.5 cm³/mol. The second-order valence-corrected chi connectivity index (χ2v) is 5.21. The van der Waals surface area contributed by atoms with Gasteiger partial charge in [-0.05, 0) is 17.7 Å². The lowest BCUT2D eigenvalue weighted by Crippen LogP contribution is -2.18. The minimum atomic E-state index is -0.304. The molecule has 0 amide bonds. The Morgan fingerprint density at radius 2 is 2.30 bits per heavy atom. The maximum atomic E-state index is 13.3. The highest BCUT2D eigenvalue weighted by Gasteiger charge is 2.12. The molecule has 20 heavy (non-hydrogen) atoms. The van der Waals surface area contributed by atoms with Gasteiger partial charge in [-0.15, -0.1) is 17.9 Å². The minimum Gasteiger partial charge on any atom is -0.294 e. The second-order valence-electron chi connectivity index (χ2n) is 4.33. The SMILES string of the molecule is C=CCn1cnc2c(-c3cccc(F)c3)csc2c1=O. The lowest BCUT2D eigenvalue weighted by molar-refractivity contribution is 0.628. The molecule has 5 heteroatoms. The molecule has 0 saturated carbocycles. The van der Waals surface area contributed by atoms with Gasteiger partial charge in [-0.2, -0.15) is 0 Å². The zero-order chi connectivity index (χ0) is 14.1. The molecule has 0 aliphatic carbocycles. The van der Waals surface area contributed by atoms with Gasteiger partial charge in [0.15, 0.2) is 0 Å². The van der Waals surface area contributed by atoms with Crippen LogP contribution >= 0.6 is 11.3 Å². The van der Waals surface area contributed by atoms with Crippen LogP contribution in [-0.4, -0.2) is 9.55 Å². The van der Waals surface area contributed by atoms with E-state index >= 15 is 0 Å². The molecule has 0 aliphatic heterocycles. The van der Waals surface area contributed by atoms with E-state index < -0.39 is 0 Å². The molecular formula is C15H11FN2OS. The Bertz CT molecular complexity index is 850. The monoisotopic (exact) mass is 286 g/mol. The van der Waals surface area contributed by atoms with E-state index in [9.17, 15) is 9.18 Å². The summed E-state index contributed by atoms with van der Waals surface area (Å²) in [7, 11) is 0. The molecule has 3 nitrogen and oxygen atoms in total. The molecule has 0 atom stereocenters. The average Bonchev–Trinajstić information content (AvgIpc) is 2.87. The third-order valence-corrected chi connectivity index (χ3v) is 3.96. The Morgan fingerprint density at radius 1 is 1.45 bits per heavy atom. The molecule has 0 unspecified atom stereocenters. The van der Waals surface area contributed by atoms with Crippen molar-refractivity contribution < 1.29 is 4.39 Å². The van der Waals surface area contributed by atoms with E-state index in [0.29, 0.717) is 16.8 Å². The molecule has 0 radical (unpaired) electrons. The van der Waals surface area contributed by atoms with Crippen molar-refractivity contribution >= 4 is 21.6 Å². The molecule has 3 rings (SSSR count). The summed E-state index contributed by atoms with van der Waals surface area (Å²) in [6.45, 7) is 4.04. The fourth-order valence-corrected chi connectivity index (χ4v) is 3.05. The number of hydrogen-bond acceptors (Lipinski definition) is 3. The van der Waals surface area contributed by atoms with E-state index in [2.05, 4.69) is 11.6 Å². The van der Waals surface area contributed by atoms with E-state index in [1.807, 2.05) is 11.4 Å². The van der Waals surface area contributed by atoms with E-state index in [1.54, 1.807) is 12.1 Å². The van der Waals surface area contributed by atoms with E-state index in [1.165, 1.54) is 34.4 Å². The summed E-state index contributed by atoms with van der Waals surface area (Å²) < 4.78 is 15.4. The predicted octanol–water partition coefficient (Wildman–Crippen LogP) is 3.45. The molecule has 2 heterocycles. The summed E-state index contributed by atoms with van der Waals surface area (Å²) in [5.74, 6) is -0.304. The molecular weight excluding hydrogens is 275 g/mol. The first kappa shape index (κ1) is 12.7. The molecule has 2 aromatic heterocycles. The smallest absolute Gasteiger partial charge is 0.271 e. The molecule has 0 saturated heterocycles. The van der Waals surface area contributed by atoms with Crippen molar-refractivity contribution in [3.05, 3.63) is 64.8 Å². The highest BCUT2D eigenvalue weighted by Crippen LogP contribution is 2.30. The summed E-state index contributed by atoms with van der Waals surface area (Å²) in [5.41, 5.74) is 2.03. The van der Waals surface area contributed by atoms with Gasteiger partial charge in [0, 0.05) is 17.5 Å². The van der Waals surface area contributed by atoms with E-state index in [-0.39, 0.29) is 11.4 Å². The van der Waals surface area contributed by atoms with Gasteiger partial charge in [0.05, 0.1) is 11.8 Å². The summed E-state index contributed by atoms with van der Waals surface area (Å²) in [6, 6.07) is 6.29. The lowest BCUT2D eigenvalue weighted by atomic mass is 10.1. The molecule has 3 aromatic rings. The fourth-order valence-electron chi connectivity index (χ4n) is 2.07. The number of benzene rings is 1. The van der Waals surface area contributed by atoms with E-state index in [0.717, 1.165) is 11.1 Å². The normalized spacial score (nSPS) is 10.8. The van der Waals surface area contributed by atoms with Gasteiger partial charge in [-0.3, -0.25) is 9.36 Å². The van der Waals surface area contributed by atoms with Crippen molar-refractivity contribution in [2.45, 2.75) is 6.54 Å². The Balaban J connectivity index is 2.22. The van der Waals surface area contributed by atoms with Gasteiger partial charge in [0.2, 0.25) is 0 Å². The van der Waals surface area contributed by atoms with Crippen molar-refractivity contribution in [2.24, 2.45) is 0 Å². The van der Waals surface area contributed by atoms with Crippen molar-refractivity contribution in [1.82, 2.24) is 9.55 Å². The number of allylic oxidation sites excluding steroid dienone is 1. The molecule has 0 aliphatic rings. The first-order chi connectivity index (χ1) is 9.70. The third kappa shape index (κ3) is 2.06. The summed E-state index contributed by atoms with van der Waals surface area (Å²) >= 11 is 1.33. The number of rotatable bonds is 3. The molecule has 1 aromatic carbocycles. The van der Waals surface area contributed by atoms with Crippen molar-refractivity contribution in [1.29, 1.82) is 0 Å². The number of aromatic nitrogens is 2. The molecule has 100 valence electrons. The summed E-state index contributed by atoms with van der Waals surface area (Å²) in [6.07, 6.45) is 3.15. The number of nitrogens with zero attached hydrogens (tertiary/aromatic N) is 2. The van der Waals surface area contributed by atoms with Gasteiger partial charge in [-0.25, -0.2) is 9.37 Å². The van der Waals surface area contributed by atoms with Crippen molar-refractivity contribution in [3.8, 4) is 11.1 Å². The summed E-state index contributed by atoms with van der Waals surface area (Å²) in [5, 5.41) is 1.84. The van der Waals surface area contributed by atoms with Crippen molar-refractivity contribution in [2.75, 3.05) is 0 Å². The second kappa shape index (κ2) is 5.02. The van der Waals surface area contributed by atoms with Crippen LogP contribution in [0.4, 0.5) is 4.39 Å². The molecule has 0 bridgehead atoms. The molecule has 0 N–H and O–H groups in total. The average molecular weight is 286 g/mol. The third-order valence-electron chi connectivity index (χ3n) is 3.01. The van der Waals surface area contributed by atoms with Crippen LogP contribution in [0, 0.1) is 5.82 Å². The van der Waals surface area contributed by atoms with Crippen LogP contribution < -0.4 is 5.56 Å². The van der Waals surface area contributed by atoms with E-state index in [4.69, 9.17) is 0 Å². The molecule has 0 fully saturated rings. The standard InChI is InChI=1S/C15H11FN2OS/c1-2-6-18-9-17-13-12(8-20-14(13)15(18)19)10-4-3-5-11(16)7-10/h2-5,7-9H,1,6H2. The topological polar surface area (TPSA) is 34.9 Å². The van der Waals surface area contributed by atoms with Crippen LogP contribution in [0.2, 0.25) is 0 Å². The van der Waals surface area contributed by atoms with Crippen LogP contribution in [0.15, 0.2) is 53.4 Å². The van der Waals surface area contributed by atoms with Gasteiger partial charge in [0.1, 0.15) is 10.5 Å². The lowest BCUT2D eigenvalue weighted by Gasteiger charge is -2.02. The van der Waals surface area contributed by atoms with Crippen LogP contribution in [0.25, 0.3) is 21.3 Å².